The molecule has 0 amide bonds. The van der Waals surface area contributed by atoms with Gasteiger partial charge >= 0.3 is 0 Å². The molecule has 0 saturated carbocycles. The molecule has 1 atom stereocenters. The highest BCUT2D eigenvalue weighted by molar-refractivity contribution is 7.89. The molecular formula is C12H19N5O2S. The molecule has 110 valence electrons. The Bertz CT molecular complexity index is 566. The van der Waals surface area contributed by atoms with Crippen LogP contribution in [0.15, 0.2) is 17.3 Å². The molecule has 4 rings (SSSR count). The second kappa shape index (κ2) is 5.27. The number of rotatable bonds is 4. The van der Waals surface area contributed by atoms with Crippen LogP contribution in [0.2, 0.25) is 0 Å². The molecular weight excluding hydrogens is 278 g/mol. The summed E-state index contributed by atoms with van der Waals surface area (Å²) in [4.78, 5) is 10.3. The van der Waals surface area contributed by atoms with Gasteiger partial charge < -0.3 is 10.2 Å². The van der Waals surface area contributed by atoms with Crippen molar-refractivity contribution in [3.8, 4) is 0 Å². The predicted octanol–water partition coefficient (Wildman–Crippen LogP) is -0.109. The lowest BCUT2D eigenvalue weighted by molar-refractivity contribution is 0.0827. The highest BCUT2D eigenvalue weighted by atomic mass is 32.2. The van der Waals surface area contributed by atoms with Crippen LogP contribution in [-0.4, -0.2) is 56.0 Å². The predicted molar refractivity (Wildman–Crippen MR) is 74.9 cm³/mol. The number of sulfonamides is 1. The zero-order chi connectivity index (χ0) is 14.2. The number of fused-ring (bicyclic) bond motifs is 3. The highest BCUT2D eigenvalue weighted by Crippen LogP contribution is 2.28. The Balaban J connectivity index is 1.74. The maximum atomic E-state index is 12.3. The first-order valence-corrected chi connectivity index (χ1v) is 8.31. The molecule has 1 aromatic rings. The van der Waals surface area contributed by atoms with Gasteiger partial charge in [-0.15, -0.1) is 0 Å². The second-order valence-electron chi connectivity index (χ2n) is 5.36. The molecule has 20 heavy (non-hydrogen) atoms. The Kier molecular flexibility index (Phi) is 3.61. The summed E-state index contributed by atoms with van der Waals surface area (Å²) >= 11 is 0. The van der Waals surface area contributed by atoms with Crippen molar-refractivity contribution in [1.82, 2.24) is 19.6 Å². The van der Waals surface area contributed by atoms with Crippen molar-refractivity contribution in [1.29, 1.82) is 0 Å². The minimum Gasteiger partial charge on any atom is -0.357 e. The fraction of sp³-hybridized carbons (Fsp3) is 0.667. The van der Waals surface area contributed by atoms with Crippen LogP contribution in [0.5, 0.6) is 0 Å². The van der Waals surface area contributed by atoms with Crippen molar-refractivity contribution in [2.45, 2.75) is 23.8 Å². The van der Waals surface area contributed by atoms with Crippen molar-refractivity contribution in [3.63, 3.8) is 0 Å². The van der Waals surface area contributed by atoms with Gasteiger partial charge in [-0.05, 0) is 31.8 Å². The number of nitrogens with zero attached hydrogens (tertiary/aromatic N) is 3. The average Bonchev–Trinajstić information content (AvgIpc) is 2.48. The standard InChI is InChI=1S/C12H19N5O2S/c1-13-12-14-6-10(7-15-12)20(18,19)16-11-8-17-4-2-9(11)3-5-17/h6-7,9,11,16H,2-5,8H2,1H3,(H,13,14,15). The molecule has 1 unspecified atom stereocenters. The van der Waals surface area contributed by atoms with E-state index >= 15 is 0 Å². The summed E-state index contributed by atoms with van der Waals surface area (Å²) in [6.07, 6.45) is 4.82. The summed E-state index contributed by atoms with van der Waals surface area (Å²) in [5.74, 6) is 0.860. The monoisotopic (exact) mass is 297 g/mol. The number of anilines is 1. The summed E-state index contributed by atoms with van der Waals surface area (Å²) in [6, 6.07) is 0.00600. The van der Waals surface area contributed by atoms with E-state index in [2.05, 4.69) is 24.9 Å². The number of nitrogens with one attached hydrogen (secondary N) is 2. The van der Waals surface area contributed by atoms with Gasteiger partial charge in [0.25, 0.3) is 0 Å². The normalized spacial score (nSPS) is 29.4. The van der Waals surface area contributed by atoms with E-state index in [1.807, 2.05) is 0 Å². The van der Waals surface area contributed by atoms with E-state index in [0.29, 0.717) is 11.9 Å². The minimum absolute atomic E-state index is 0.00600. The Labute approximate surface area is 118 Å². The van der Waals surface area contributed by atoms with Crippen molar-refractivity contribution in [2.24, 2.45) is 5.92 Å². The van der Waals surface area contributed by atoms with Gasteiger partial charge in [0.15, 0.2) is 0 Å². The summed E-state index contributed by atoms with van der Waals surface area (Å²) in [5, 5.41) is 2.76. The van der Waals surface area contributed by atoms with Gasteiger partial charge in [-0.25, -0.2) is 23.1 Å². The lowest BCUT2D eigenvalue weighted by Gasteiger charge is -2.44. The lowest BCUT2D eigenvalue weighted by atomic mass is 9.85. The Morgan fingerprint density at radius 2 is 1.90 bits per heavy atom. The molecule has 3 saturated heterocycles. The van der Waals surface area contributed by atoms with E-state index in [0.717, 1.165) is 32.5 Å². The minimum atomic E-state index is -3.54. The fourth-order valence-corrected chi connectivity index (χ4v) is 4.13. The average molecular weight is 297 g/mol. The molecule has 0 radical (unpaired) electrons. The van der Waals surface area contributed by atoms with Gasteiger partial charge in [-0.2, -0.15) is 0 Å². The van der Waals surface area contributed by atoms with Crippen molar-refractivity contribution < 1.29 is 8.42 Å². The van der Waals surface area contributed by atoms with E-state index in [4.69, 9.17) is 0 Å². The molecule has 3 aliphatic rings. The van der Waals surface area contributed by atoms with Gasteiger partial charge in [-0.3, -0.25) is 0 Å². The van der Waals surface area contributed by atoms with E-state index in [-0.39, 0.29) is 10.9 Å². The molecule has 2 bridgehead atoms. The number of hydrogen-bond donors (Lipinski definition) is 2. The lowest BCUT2D eigenvalue weighted by Crippen LogP contribution is -2.57. The second-order valence-corrected chi connectivity index (χ2v) is 7.07. The first kappa shape index (κ1) is 13.7. The van der Waals surface area contributed by atoms with Crippen molar-refractivity contribution >= 4 is 16.0 Å². The summed E-state index contributed by atoms with van der Waals surface area (Å²) in [7, 11) is -1.85. The quantitative estimate of drug-likeness (QED) is 0.806. The molecule has 0 aliphatic carbocycles. The third-order valence-corrected chi connectivity index (χ3v) is 5.57. The van der Waals surface area contributed by atoms with Crippen LogP contribution in [0.3, 0.4) is 0 Å². The van der Waals surface area contributed by atoms with Crippen LogP contribution in [-0.2, 0) is 10.0 Å². The molecule has 2 N–H and O–H groups in total. The smallest absolute Gasteiger partial charge is 0.243 e. The van der Waals surface area contributed by atoms with E-state index in [9.17, 15) is 8.42 Å². The molecule has 7 nitrogen and oxygen atoms in total. The number of piperidine rings is 3. The molecule has 0 spiro atoms. The fourth-order valence-electron chi connectivity index (χ4n) is 2.95. The molecule has 8 heteroatoms. The van der Waals surface area contributed by atoms with Gasteiger partial charge in [0.2, 0.25) is 16.0 Å². The zero-order valence-electron chi connectivity index (χ0n) is 11.4. The molecule has 3 aliphatic heterocycles. The summed E-state index contributed by atoms with van der Waals surface area (Å²) in [6.45, 7) is 2.98. The van der Waals surface area contributed by atoms with Gasteiger partial charge in [0.1, 0.15) is 4.90 Å². The summed E-state index contributed by atoms with van der Waals surface area (Å²) in [5.41, 5.74) is 0. The third-order valence-electron chi connectivity index (χ3n) is 4.12. The van der Waals surface area contributed by atoms with E-state index in [1.165, 1.54) is 12.4 Å². The highest BCUT2D eigenvalue weighted by Gasteiger charge is 2.36. The zero-order valence-corrected chi connectivity index (χ0v) is 12.2. The Morgan fingerprint density at radius 3 is 2.40 bits per heavy atom. The topological polar surface area (TPSA) is 87.2 Å². The summed E-state index contributed by atoms with van der Waals surface area (Å²) < 4.78 is 27.5. The number of aromatic nitrogens is 2. The van der Waals surface area contributed by atoms with Crippen LogP contribution in [0, 0.1) is 5.92 Å². The van der Waals surface area contributed by atoms with Crippen LogP contribution < -0.4 is 10.0 Å². The first-order valence-electron chi connectivity index (χ1n) is 6.83. The number of hydrogen-bond acceptors (Lipinski definition) is 6. The maximum absolute atomic E-state index is 12.3. The molecule has 3 fully saturated rings. The molecule has 1 aromatic heterocycles. The van der Waals surface area contributed by atoms with Gasteiger partial charge in [0, 0.05) is 19.6 Å². The van der Waals surface area contributed by atoms with Crippen LogP contribution in [0.1, 0.15) is 12.8 Å². The molecule has 0 aromatic carbocycles. The van der Waals surface area contributed by atoms with Crippen LogP contribution >= 0.6 is 0 Å². The van der Waals surface area contributed by atoms with Crippen molar-refractivity contribution in [3.05, 3.63) is 12.4 Å². The first-order chi connectivity index (χ1) is 9.58. The van der Waals surface area contributed by atoms with E-state index in [1.54, 1.807) is 7.05 Å². The molecule has 4 heterocycles. The third kappa shape index (κ3) is 2.63. The van der Waals surface area contributed by atoms with Crippen LogP contribution in [0.25, 0.3) is 0 Å². The maximum Gasteiger partial charge on any atom is 0.243 e. The van der Waals surface area contributed by atoms with Crippen molar-refractivity contribution in [2.75, 3.05) is 32.0 Å². The van der Waals surface area contributed by atoms with Gasteiger partial charge in [0.05, 0.1) is 12.4 Å². The Hall–Kier alpha value is -1.25. The SMILES string of the molecule is CNc1ncc(S(=O)(=O)NC2CN3CCC2CC3)cn1. The van der Waals surface area contributed by atoms with Gasteiger partial charge in [-0.1, -0.05) is 0 Å². The van der Waals surface area contributed by atoms with Crippen LogP contribution in [0.4, 0.5) is 5.95 Å². The largest absolute Gasteiger partial charge is 0.357 e. The van der Waals surface area contributed by atoms with E-state index < -0.39 is 10.0 Å². The Morgan fingerprint density at radius 1 is 1.25 bits per heavy atom.